The number of hydrogen-bond acceptors (Lipinski definition) is 5. The number of fused-ring (bicyclic) bond motifs is 2. The third-order valence-corrected chi connectivity index (χ3v) is 6.26. The minimum absolute atomic E-state index is 0.118. The second-order valence-electron chi connectivity index (χ2n) is 8.20. The van der Waals surface area contributed by atoms with Gasteiger partial charge in [-0.2, -0.15) is 5.10 Å². The zero-order chi connectivity index (χ0) is 24.1. The summed E-state index contributed by atoms with van der Waals surface area (Å²) in [5.74, 6) is -2.70. The van der Waals surface area contributed by atoms with E-state index in [1.807, 2.05) is 0 Å². The maximum absolute atomic E-state index is 15.5. The van der Waals surface area contributed by atoms with Crippen LogP contribution in [0.2, 0.25) is 5.02 Å². The van der Waals surface area contributed by atoms with Crippen LogP contribution in [0.3, 0.4) is 0 Å². The lowest BCUT2D eigenvalue weighted by molar-refractivity contribution is -0.122. The van der Waals surface area contributed by atoms with Crippen molar-refractivity contribution in [2.24, 2.45) is 5.92 Å². The number of carbonyl (C=O) groups excluding carboxylic acids is 2. The maximum atomic E-state index is 15.5. The molecule has 176 valence electrons. The number of rotatable bonds is 6. The highest BCUT2D eigenvalue weighted by molar-refractivity contribution is 6.35. The molecule has 1 aliphatic rings. The first-order valence-corrected chi connectivity index (χ1v) is 11.1. The van der Waals surface area contributed by atoms with Crippen molar-refractivity contribution in [3.63, 3.8) is 0 Å². The fraction of sp³-hybridized carbons (Fsp3) is 0.318. The number of nitrogens with zero attached hydrogens (tertiary/aromatic N) is 4. The first-order valence-electron chi connectivity index (χ1n) is 10.7. The summed E-state index contributed by atoms with van der Waals surface area (Å²) in [6.07, 6.45) is 5.19. The number of likely N-dealkylation sites (N-methyl/N-ethyl adjacent to an activating group) is 1. The van der Waals surface area contributed by atoms with Crippen LogP contribution in [-0.4, -0.2) is 49.1 Å². The van der Waals surface area contributed by atoms with Crippen molar-refractivity contribution in [2.75, 3.05) is 11.9 Å². The van der Waals surface area contributed by atoms with Gasteiger partial charge in [0.2, 0.25) is 11.8 Å². The molecule has 1 aromatic carbocycles. The van der Waals surface area contributed by atoms with E-state index in [1.54, 1.807) is 30.6 Å². The molecule has 1 saturated carbocycles. The van der Waals surface area contributed by atoms with E-state index in [2.05, 4.69) is 30.8 Å². The summed E-state index contributed by atoms with van der Waals surface area (Å²) in [6, 6.07) is 0. The molecule has 0 bridgehead atoms. The highest BCUT2D eigenvalue weighted by Crippen LogP contribution is 2.41. The second-order valence-corrected chi connectivity index (χ2v) is 8.58. The lowest BCUT2D eigenvalue weighted by Crippen LogP contribution is -2.28. The van der Waals surface area contributed by atoms with Crippen molar-refractivity contribution in [3.8, 4) is 11.3 Å². The van der Waals surface area contributed by atoms with Gasteiger partial charge >= 0.3 is 0 Å². The molecule has 3 heterocycles. The molecular weight excluding hydrogens is 468 g/mol. The second kappa shape index (κ2) is 8.32. The molecule has 0 aliphatic heterocycles. The largest absolute Gasteiger partial charge is 0.356 e. The molecule has 3 unspecified atom stereocenters. The lowest BCUT2D eigenvalue weighted by Gasteiger charge is -2.17. The number of aromatic amines is 1. The molecule has 3 atom stereocenters. The predicted octanol–water partition coefficient (Wildman–Crippen LogP) is 3.60. The first-order chi connectivity index (χ1) is 16.3. The average molecular weight is 488 g/mol. The molecule has 1 fully saturated rings. The maximum Gasteiger partial charge on any atom is 0.231 e. The van der Waals surface area contributed by atoms with Gasteiger partial charge in [-0.05, 0) is 20.3 Å². The molecule has 3 N–H and O–H groups in total. The average Bonchev–Trinajstić information content (AvgIpc) is 3.17. The van der Waals surface area contributed by atoms with Gasteiger partial charge in [0.1, 0.15) is 12.0 Å². The summed E-state index contributed by atoms with van der Waals surface area (Å²) < 4.78 is 30.2. The zero-order valence-electron chi connectivity index (χ0n) is 18.2. The smallest absolute Gasteiger partial charge is 0.231 e. The summed E-state index contributed by atoms with van der Waals surface area (Å²) in [5.41, 5.74) is 1.53. The molecule has 34 heavy (non-hydrogen) atoms. The Morgan fingerprint density at radius 1 is 1.35 bits per heavy atom. The van der Waals surface area contributed by atoms with Crippen LogP contribution in [0.5, 0.6) is 0 Å². The molecule has 0 saturated heterocycles. The molecule has 2 amide bonds. The van der Waals surface area contributed by atoms with Crippen LogP contribution in [0, 0.1) is 11.7 Å². The van der Waals surface area contributed by atoms with Crippen molar-refractivity contribution in [1.82, 2.24) is 29.9 Å². The van der Waals surface area contributed by atoms with Crippen LogP contribution < -0.4 is 10.6 Å². The minimum atomic E-state index is -1.11. The van der Waals surface area contributed by atoms with E-state index < -0.39 is 29.7 Å². The van der Waals surface area contributed by atoms with E-state index in [0.29, 0.717) is 34.4 Å². The summed E-state index contributed by atoms with van der Waals surface area (Å²) in [6.45, 7) is 3.79. The van der Waals surface area contributed by atoms with Gasteiger partial charge in [-0.3, -0.25) is 19.7 Å². The molecule has 0 spiro atoms. The van der Waals surface area contributed by atoms with Crippen molar-refractivity contribution in [1.29, 1.82) is 0 Å². The quantitative estimate of drug-likeness (QED) is 0.384. The van der Waals surface area contributed by atoms with Crippen LogP contribution in [0.4, 0.5) is 14.6 Å². The lowest BCUT2D eigenvalue weighted by atomic mass is 9.94. The van der Waals surface area contributed by atoms with Crippen LogP contribution in [-0.2, 0) is 9.59 Å². The Hall–Kier alpha value is -3.60. The number of H-pyrrole nitrogens is 1. The highest BCUT2D eigenvalue weighted by Gasteiger charge is 2.43. The molecule has 4 aromatic rings. The molecule has 3 aromatic heterocycles. The van der Waals surface area contributed by atoms with Crippen molar-refractivity contribution in [3.05, 3.63) is 41.2 Å². The van der Waals surface area contributed by atoms with E-state index in [0.717, 1.165) is 0 Å². The van der Waals surface area contributed by atoms with Crippen LogP contribution in [0.1, 0.15) is 31.7 Å². The van der Waals surface area contributed by atoms with Crippen molar-refractivity contribution < 1.29 is 18.4 Å². The van der Waals surface area contributed by atoms with Crippen molar-refractivity contribution in [2.45, 2.75) is 32.4 Å². The number of benzene rings is 1. The van der Waals surface area contributed by atoms with Gasteiger partial charge in [0.25, 0.3) is 0 Å². The number of aromatic nitrogens is 5. The standard InChI is InChI=1S/C22H20ClF2N7O2/c1-3-26-21(33)9(2)16-19(25)18(23)17(11-5-28-31-20(11)16)13-7-32-8-14(29-15(32)6-27-13)30-22(34)10-4-12(10)24/h5-10,12H,3-4H2,1-2H3,(H,26,33)(H,28,31)(H,30,34). The summed E-state index contributed by atoms with van der Waals surface area (Å²) in [4.78, 5) is 33.0. The Morgan fingerprint density at radius 2 is 2.12 bits per heavy atom. The summed E-state index contributed by atoms with van der Waals surface area (Å²) in [5, 5.41) is 12.4. The number of imidazole rings is 1. The number of amides is 2. The Kier molecular flexibility index (Phi) is 5.43. The summed E-state index contributed by atoms with van der Waals surface area (Å²) >= 11 is 6.47. The van der Waals surface area contributed by atoms with Gasteiger partial charge < -0.3 is 15.0 Å². The fourth-order valence-corrected chi connectivity index (χ4v) is 4.30. The van der Waals surface area contributed by atoms with E-state index in [1.165, 1.54) is 12.4 Å². The van der Waals surface area contributed by atoms with Gasteiger partial charge in [0, 0.05) is 29.3 Å². The predicted molar refractivity (Wildman–Crippen MR) is 122 cm³/mol. The number of nitrogens with one attached hydrogen (secondary N) is 3. The highest BCUT2D eigenvalue weighted by atomic mass is 35.5. The number of carbonyl (C=O) groups is 2. The van der Waals surface area contributed by atoms with Crippen LogP contribution >= 0.6 is 11.6 Å². The van der Waals surface area contributed by atoms with Gasteiger partial charge in [-0.25, -0.2) is 13.8 Å². The Morgan fingerprint density at radius 3 is 2.82 bits per heavy atom. The number of alkyl halides is 1. The van der Waals surface area contributed by atoms with E-state index in [9.17, 15) is 14.0 Å². The molecular formula is C22H20ClF2N7O2. The fourth-order valence-electron chi connectivity index (χ4n) is 4.00. The van der Waals surface area contributed by atoms with Gasteiger partial charge in [-0.15, -0.1) is 0 Å². The minimum Gasteiger partial charge on any atom is -0.356 e. The van der Waals surface area contributed by atoms with E-state index >= 15 is 4.39 Å². The molecule has 0 radical (unpaired) electrons. The van der Waals surface area contributed by atoms with Crippen molar-refractivity contribution >= 4 is 45.8 Å². The van der Waals surface area contributed by atoms with Gasteiger partial charge in [0.05, 0.1) is 46.7 Å². The Balaban J connectivity index is 1.56. The normalized spacial score (nSPS) is 18.3. The number of hydrogen-bond donors (Lipinski definition) is 3. The molecule has 5 rings (SSSR count). The molecule has 9 nitrogen and oxygen atoms in total. The Labute approximate surface area is 196 Å². The van der Waals surface area contributed by atoms with Gasteiger partial charge in [-0.1, -0.05) is 11.6 Å². The monoisotopic (exact) mass is 487 g/mol. The van der Waals surface area contributed by atoms with Crippen LogP contribution in [0.25, 0.3) is 27.8 Å². The molecule has 1 aliphatic carbocycles. The van der Waals surface area contributed by atoms with E-state index in [-0.39, 0.29) is 28.7 Å². The van der Waals surface area contributed by atoms with Crippen LogP contribution in [0.15, 0.2) is 24.8 Å². The third kappa shape index (κ3) is 3.65. The topological polar surface area (TPSA) is 117 Å². The Bertz CT molecular complexity index is 1450. The number of anilines is 1. The summed E-state index contributed by atoms with van der Waals surface area (Å²) in [7, 11) is 0. The SMILES string of the molecule is CCNC(=O)C(C)c1c(F)c(Cl)c(-c2cn3cc(NC(=O)C4CC4F)nc3cn2)c2cn[nH]c12. The molecule has 12 heteroatoms. The number of halogens is 3. The third-order valence-electron chi connectivity index (χ3n) is 5.90. The van der Waals surface area contributed by atoms with E-state index in [4.69, 9.17) is 11.6 Å². The zero-order valence-corrected chi connectivity index (χ0v) is 19.0. The van der Waals surface area contributed by atoms with Gasteiger partial charge in [0.15, 0.2) is 11.5 Å². The first kappa shape index (κ1) is 22.2.